The lowest BCUT2D eigenvalue weighted by molar-refractivity contribution is 0.0531. The average Bonchev–Trinajstić information content (AvgIpc) is 2.74. The fourth-order valence-corrected chi connectivity index (χ4v) is 4.00. The predicted octanol–water partition coefficient (Wildman–Crippen LogP) is 2.23. The first-order valence-corrected chi connectivity index (χ1v) is 8.17. The second-order valence-electron chi connectivity index (χ2n) is 5.17. The molecule has 0 atom stereocenters. The predicted molar refractivity (Wildman–Crippen MR) is 74.8 cm³/mol. The van der Waals surface area contributed by atoms with Gasteiger partial charge in [0.05, 0.1) is 10.5 Å². The fraction of sp³-hybridized carbons (Fsp3) is 0.538. The summed E-state index contributed by atoms with van der Waals surface area (Å²) >= 11 is 5.81. The Morgan fingerprint density at radius 1 is 1.37 bits per heavy atom. The standard InChI is InChI=1S/C13H18ClNO3S/c1-10-8-11(14)4-5-12(10)19(17,18)15-9-13(16)6-2-3-7-13/h4-5,8,15-16H,2-3,6-7,9H2,1H3. The van der Waals surface area contributed by atoms with Gasteiger partial charge in [-0.05, 0) is 43.5 Å². The van der Waals surface area contributed by atoms with Gasteiger partial charge in [0.1, 0.15) is 0 Å². The van der Waals surface area contributed by atoms with Crippen LogP contribution in [0.4, 0.5) is 0 Å². The first-order valence-electron chi connectivity index (χ1n) is 6.31. The van der Waals surface area contributed by atoms with Crippen LogP contribution in [0.1, 0.15) is 31.2 Å². The molecule has 6 heteroatoms. The number of sulfonamides is 1. The molecule has 0 heterocycles. The zero-order valence-corrected chi connectivity index (χ0v) is 12.4. The monoisotopic (exact) mass is 303 g/mol. The highest BCUT2D eigenvalue weighted by Gasteiger charge is 2.32. The minimum absolute atomic E-state index is 0.0669. The van der Waals surface area contributed by atoms with Gasteiger partial charge in [0.25, 0.3) is 0 Å². The zero-order chi connectivity index (χ0) is 14.1. The normalized spacial score (nSPS) is 18.7. The van der Waals surface area contributed by atoms with Crippen molar-refractivity contribution in [3.63, 3.8) is 0 Å². The van der Waals surface area contributed by atoms with Gasteiger partial charge in [-0.3, -0.25) is 0 Å². The molecule has 0 bridgehead atoms. The van der Waals surface area contributed by atoms with E-state index in [1.807, 2.05) is 0 Å². The number of aryl methyl sites for hydroxylation is 1. The van der Waals surface area contributed by atoms with Crippen LogP contribution >= 0.6 is 11.6 Å². The Morgan fingerprint density at radius 3 is 2.58 bits per heavy atom. The molecule has 106 valence electrons. The highest BCUT2D eigenvalue weighted by molar-refractivity contribution is 7.89. The molecule has 0 saturated heterocycles. The van der Waals surface area contributed by atoms with E-state index in [0.717, 1.165) is 12.8 Å². The molecule has 0 radical (unpaired) electrons. The number of hydrogen-bond donors (Lipinski definition) is 2. The maximum Gasteiger partial charge on any atom is 0.240 e. The molecule has 0 aliphatic heterocycles. The third kappa shape index (κ3) is 3.48. The van der Waals surface area contributed by atoms with Crippen molar-refractivity contribution in [3.8, 4) is 0 Å². The molecule has 0 unspecified atom stereocenters. The smallest absolute Gasteiger partial charge is 0.240 e. The molecule has 19 heavy (non-hydrogen) atoms. The van der Waals surface area contributed by atoms with Gasteiger partial charge in [0.15, 0.2) is 0 Å². The number of hydrogen-bond acceptors (Lipinski definition) is 3. The van der Waals surface area contributed by atoms with E-state index in [0.29, 0.717) is 23.4 Å². The van der Waals surface area contributed by atoms with Crippen LogP contribution in [0.25, 0.3) is 0 Å². The van der Waals surface area contributed by atoms with E-state index in [1.54, 1.807) is 19.1 Å². The van der Waals surface area contributed by atoms with E-state index in [9.17, 15) is 13.5 Å². The maximum absolute atomic E-state index is 12.2. The first-order chi connectivity index (χ1) is 8.82. The van der Waals surface area contributed by atoms with Crippen LogP contribution in [-0.4, -0.2) is 25.7 Å². The average molecular weight is 304 g/mol. The van der Waals surface area contributed by atoms with Crippen molar-refractivity contribution >= 4 is 21.6 Å². The van der Waals surface area contributed by atoms with Crippen LogP contribution in [0.3, 0.4) is 0 Å². The van der Waals surface area contributed by atoms with Gasteiger partial charge in [0, 0.05) is 11.6 Å². The quantitative estimate of drug-likeness (QED) is 0.896. The molecule has 1 fully saturated rings. The minimum atomic E-state index is -3.60. The fourth-order valence-electron chi connectivity index (χ4n) is 2.43. The van der Waals surface area contributed by atoms with Crippen LogP contribution in [0.5, 0.6) is 0 Å². The van der Waals surface area contributed by atoms with Gasteiger partial charge < -0.3 is 5.11 Å². The molecule has 1 aliphatic rings. The van der Waals surface area contributed by atoms with Gasteiger partial charge in [-0.2, -0.15) is 0 Å². The Bertz CT molecular complexity index is 565. The van der Waals surface area contributed by atoms with Crippen molar-refractivity contribution < 1.29 is 13.5 Å². The van der Waals surface area contributed by atoms with Gasteiger partial charge in [-0.15, -0.1) is 0 Å². The largest absolute Gasteiger partial charge is 0.389 e. The summed E-state index contributed by atoms with van der Waals surface area (Å²) in [6.07, 6.45) is 3.18. The summed E-state index contributed by atoms with van der Waals surface area (Å²) in [5.74, 6) is 0. The van der Waals surface area contributed by atoms with E-state index in [4.69, 9.17) is 11.6 Å². The number of rotatable bonds is 4. The van der Waals surface area contributed by atoms with Crippen molar-refractivity contribution in [1.29, 1.82) is 0 Å². The topological polar surface area (TPSA) is 66.4 Å². The van der Waals surface area contributed by atoms with Gasteiger partial charge in [-0.25, -0.2) is 13.1 Å². The van der Waals surface area contributed by atoms with Crippen LogP contribution in [0, 0.1) is 6.92 Å². The molecular weight excluding hydrogens is 286 g/mol. The Hall–Kier alpha value is -0.620. The summed E-state index contributed by atoms with van der Waals surface area (Å²) in [4.78, 5) is 0.207. The highest BCUT2D eigenvalue weighted by atomic mass is 35.5. The van der Waals surface area contributed by atoms with E-state index in [1.165, 1.54) is 6.07 Å². The summed E-state index contributed by atoms with van der Waals surface area (Å²) in [7, 11) is -3.60. The second kappa shape index (κ2) is 5.40. The van der Waals surface area contributed by atoms with Gasteiger partial charge in [0.2, 0.25) is 10.0 Å². The minimum Gasteiger partial charge on any atom is -0.389 e. The van der Waals surface area contributed by atoms with Gasteiger partial charge >= 0.3 is 0 Å². The summed E-state index contributed by atoms with van der Waals surface area (Å²) in [6, 6.07) is 4.65. The Kier molecular flexibility index (Phi) is 4.20. The summed E-state index contributed by atoms with van der Waals surface area (Å²) in [6.45, 7) is 1.77. The van der Waals surface area contributed by atoms with E-state index < -0.39 is 15.6 Å². The molecule has 4 nitrogen and oxygen atoms in total. The lowest BCUT2D eigenvalue weighted by Crippen LogP contribution is -2.40. The zero-order valence-electron chi connectivity index (χ0n) is 10.8. The Labute approximate surface area is 118 Å². The van der Waals surface area contributed by atoms with Crippen molar-refractivity contribution in [3.05, 3.63) is 28.8 Å². The van der Waals surface area contributed by atoms with Crippen LogP contribution in [-0.2, 0) is 10.0 Å². The summed E-state index contributed by atoms with van der Waals surface area (Å²) in [5, 5.41) is 10.7. The molecule has 0 spiro atoms. The lowest BCUT2D eigenvalue weighted by Gasteiger charge is -2.22. The van der Waals surface area contributed by atoms with Crippen molar-refractivity contribution in [1.82, 2.24) is 4.72 Å². The van der Waals surface area contributed by atoms with Crippen molar-refractivity contribution in [2.24, 2.45) is 0 Å². The van der Waals surface area contributed by atoms with E-state index in [-0.39, 0.29) is 11.4 Å². The number of aliphatic hydroxyl groups is 1. The van der Waals surface area contributed by atoms with Crippen LogP contribution in [0.2, 0.25) is 5.02 Å². The van der Waals surface area contributed by atoms with E-state index >= 15 is 0 Å². The highest BCUT2D eigenvalue weighted by Crippen LogP contribution is 2.29. The lowest BCUT2D eigenvalue weighted by atomic mass is 10.0. The second-order valence-corrected chi connectivity index (χ2v) is 7.34. The third-order valence-electron chi connectivity index (χ3n) is 3.55. The van der Waals surface area contributed by atoms with Crippen LogP contribution < -0.4 is 4.72 Å². The van der Waals surface area contributed by atoms with E-state index in [2.05, 4.69) is 4.72 Å². The molecule has 2 rings (SSSR count). The molecule has 2 N–H and O–H groups in total. The summed E-state index contributed by atoms with van der Waals surface area (Å²) < 4.78 is 26.9. The third-order valence-corrected chi connectivity index (χ3v) is 5.35. The molecule has 0 aromatic heterocycles. The number of nitrogens with one attached hydrogen (secondary N) is 1. The first kappa shape index (κ1) is 14.8. The SMILES string of the molecule is Cc1cc(Cl)ccc1S(=O)(=O)NCC1(O)CCCC1. The molecule has 1 aliphatic carbocycles. The van der Waals surface area contributed by atoms with Crippen LogP contribution in [0.15, 0.2) is 23.1 Å². The Morgan fingerprint density at radius 2 is 2.00 bits per heavy atom. The molecule has 1 saturated carbocycles. The number of halogens is 1. The molecular formula is C13H18ClNO3S. The Balaban J connectivity index is 2.14. The van der Waals surface area contributed by atoms with Crippen molar-refractivity contribution in [2.75, 3.05) is 6.54 Å². The van der Waals surface area contributed by atoms with Gasteiger partial charge in [-0.1, -0.05) is 24.4 Å². The molecule has 1 aromatic rings. The van der Waals surface area contributed by atoms with Crippen molar-refractivity contribution in [2.45, 2.75) is 43.1 Å². The summed E-state index contributed by atoms with van der Waals surface area (Å²) in [5.41, 5.74) is -0.300. The molecule has 0 amide bonds. The maximum atomic E-state index is 12.2. The number of benzene rings is 1. The molecule has 1 aromatic carbocycles.